The van der Waals surface area contributed by atoms with Crippen LogP contribution in [0.25, 0.3) is 0 Å². The molecule has 1 aromatic carbocycles. The minimum Gasteiger partial charge on any atom is -0.504 e. The monoisotopic (exact) mass is 449 g/mol. The number of phenols is 1. The van der Waals surface area contributed by atoms with Crippen molar-refractivity contribution in [2.24, 2.45) is 23.2 Å². The van der Waals surface area contributed by atoms with Gasteiger partial charge in [0, 0.05) is 43.2 Å². The van der Waals surface area contributed by atoms with Gasteiger partial charge in [-0.2, -0.15) is 0 Å². The van der Waals surface area contributed by atoms with Gasteiger partial charge in [0.05, 0.1) is 11.5 Å². The Balaban J connectivity index is 1.41. The molecule has 2 spiro atoms. The van der Waals surface area contributed by atoms with Crippen LogP contribution in [0, 0.1) is 23.2 Å². The van der Waals surface area contributed by atoms with Crippen molar-refractivity contribution < 1.29 is 19.3 Å². The van der Waals surface area contributed by atoms with E-state index >= 15 is 0 Å². The summed E-state index contributed by atoms with van der Waals surface area (Å²) in [5.74, 6) is 2.74. The number of ether oxygens (including phenoxy) is 3. The molecule has 0 amide bonds. The van der Waals surface area contributed by atoms with Crippen LogP contribution in [0.3, 0.4) is 0 Å². The summed E-state index contributed by atoms with van der Waals surface area (Å²) in [5.41, 5.74) is 2.11. The second-order valence-corrected chi connectivity index (χ2v) is 11.9. The highest BCUT2D eigenvalue weighted by molar-refractivity contribution is 5.65. The summed E-state index contributed by atoms with van der Waals surface area (Å²) in [4.78, 5) is 2.86. The van der Waals surface area contributed by atoms with Crippen molar-refractivity contribution in [1.82, 2.24) is 4.90 Å². The normalized spacial score (nSPS) is 48.0. The number of aromatic hydroxyl groups is 1. The first kappa shape index (κ1) is 19.7. The average Bonchev–Trinajstić information content (AvgIpc) is 3.41. The first-order chi connectivity index (χ1) is 16.1. The smallest absolute Gasteiger partial charge is 0.165 e. The Morgan fingerprint density at radius 3 is 2.85 bits per heavy atom. The van der Waals surface area contributed by atoms with Gasteiger partial charge in [-0.05, 0) is 75.5 Å². The minimum atomic E-state index is -0.508. The van der Waals surface area contributed by atoms with Crippen molar-refractivity contribution in [3.05, 3.63) is 35.4 Å². The lowest BCUT2D eigenvalue weighted by molar-refractivity contribution is -0.251. The topological polar surface area (TPSA) is 51.2 Å². The van der Waals surface area contributed by atoms with Crippen molar-refractivity contribution in [2.45, 2.75) is 74.7 Å². The van der Waals surface area contributed by atoms with Gasteiger partial charge in [-0.3, -0.25) is 4.90 Å². The lowest BCUT2D eigenvalue weighted by Gasteiger charge is -2.73. The third-order valence-electron chi connectivity index (χ3n) is 11.0. The van der Waals surface area contributed by atoms with Crippen molar-refractivity contribution in [2.75, 3.05) is 26.8 Å². The van der Waals surface area contributed by atoms with Gasteiger partial charge in [-0.1, -0.05) is 18.2 Å². The molecule has 0 radical (unpaired) electrons. The lowest BCUT2D eigenvalue weighted by atomic mass is 9.34. The summed E-state index contributed by atoms with van der Waals surface area (Å²) in [5, 5.41) is 11.0. The fourth-order valence-electron chi connectivity index (χ4n) is 9.98. The van der Waals surface area contributed by atoms with Crippen LogP contribution < -0.4 is 4.74 Å². The fourth-order valence-corrected chi connectivity index (χ4v) is 9.98. The van der Waals surface area contributed by atoms with E-state index in [-0.39, 0.29) is 23.0 Å². The third-order valence-corrected chi connectivity index (χ3v) is 11.0. The first-order valence-corrected chi connectivity index (χ1v) is 13.2. The number of piperidine rings is 1. The average molecular weight is 450 g/mol. The number of phenolic OH excluding ortho intramolecular Hbond substituents is 1. The largest absolute Gasteiger partial charge is 0.504 e. The molecule has 2 unspecified atom stereocenters. The van der Waals surface area contributed by atoms with E-state index < -0.39 is 5.60 Å². The Hall–Kier alpha value is -1.56. The van der Waals surface area contributed by atoms with E-state index in [0.717, 1.165) is 44.1 Å². The SMILES string of the molecule is CCO[C@@H]1CCC2C1[C@]1(OC)C=C[C@]23[C@H]2Cc4ccc(O)c5c4[C@@]3(CCN2CC2CC2)[C@@H]1O5. The fraction of sp³-hybridized carbons (Fsp3) is 0.714. The predicted octanol–water partition coefficient (Wildman–Crippen LogP) is 3.82. The van der Waals surface area contributed by atoms with Gasteiger partial charge >= 0.3 is 0 Å². The molecule has 1 saturated heterocycles. The van der Waals surface area contributed by atoms with E-state index in [1.165, 1.54) is 36.9 Å². The van der Waals surface area contributed by atoms with Gasteiger partial charge in [0.1, 0.15) is 11.7 Å². The molecule has 2 aliphatic heterocycles. The maximum atomic E-state index is 11.0. The van der Waals surface area contributed by atoms with Gasteiger partial charge in [-0.15, -0.1) is 0 Å². The standard InChI is InChI=1S/C28H35NO4/c1-3-32-20-9-7-18-23(20)28(31-2)11-10-26(18)21-14-17-6-8-19(30)24-22(17)27(26,25(28)33-24)12-13-29(21)15-16-4-5-16/h6,8,10-11,16,18,20-21,23,25,30H,3-5,7,9,12-15H2,1-2H3/t18?,20-,21-,23?,25+,26-,27+,28-/m1/s1. The summed E-state index contributed by atoms with van der Waals surface area (Å²) in [6.07, 6.45) is 12.3. The summed E-state index contributed by atoms with van der Waals surface area (Å²) in [6.45, 7) is 5.22. The predicted molar refractivity (Wildman–Crippen MR) is 124 cm³/mol. The summed E-state index contributed by atoms with van der Waals surface area (Å²) in [6, 6.07) is 4.53. The summed E-state index contributed by atoms with van der Waals surface area (Å²) in [7, 11) is 1.87. The maximum Gasteiger partial charge on any atom is 0.165 e. The molecule has 0 aromatic heterocycles. The Morgan fingerprint density at radius 1 is 1.18 bits per heavy atom. The molecule has 6 aliphatic carbocycles. The number of likely N-dealkylation sites (tertiary alicyclic amines) is 1. The Labute approximate surface area is 196 Å². The van der Waals surface area contributed by atoms with Crippen molar-refractivity contribution in [1.29, 1.82) is 0 Å². The third kappa shape index (κ3) is 1.98. The number of hydrogen-bond donors (Lipinski definition) is 1. The van der Waals surface area contributed by atoms with Crippen molar-refractivity contribution >= 4 is 0 Å². The second-order valence-electron chi connectivity index (χ2n) is 11.9. The summed E-state index contributed by atoms with van der Waals surface area (Å²) < 4.78 is 19.8. The molecule has 8 aliphatic rings. The van der Waals surface area contributed by atoms with E-state index in [4.69, 9.17) is 14.2 Å². The zero-order valence-corrected chi connectivity index (χ0v) is 19.8. The van der Waals surface area contributed by atoms with Crippen molar-refractivity contribution in [3.8, 4) is 11.5 Å². The van der Waals surface area contributed by atoms with Crippen LogP contribution in [0.15, 0.2) is 24.3 Å². The molecule has 5 heteroatoms. The molecule has 3 saturated carbocycles. The second kappa shape index (κ2) is 6.16. The Kier molecular flexibility index (Phi) is 3.68. The molecule has 4 fully saturated rings. The number of nitrogens with zero attached hydrogens (tertiary/aromatic N) is 1. The van der Waals surface area contributed by atoms with Crippen LogP contribution >= 0.6 is 0 Å². The van der Waals surface area contributed by atoms with Crippen molar-refractivity contribution in [3.63, 3.8) is 0 Å². The van der Waals surface area contributed by atoms with Gasteiger partial charge in [0.15, 0.2) is 11.5 Å². The first-order valence-electron chi connectivity index (χ1n) is 13.2. The van der Waals surface area contributed by atoms with Crippen LogP contribution in [0.5, 0.6) is 11.5 Å². The molecular formula is C28H35NO4. The molecule has 33 heavy (non-hydrogen) atoms. The van der Waals surface area contributed by atoms with E-state index in [9.17, 15) is 5.11 Å². The molecule has 4 bridgehead atoms. The van der Waals surface area contributed by atoms with Crippen LogP contribution in [0.2, 0.25) is 0 Å². The van der Waals surface area contributed by atoms with Crippen LogP contribution in [0.1, 0.15) is 50.2 Å². The summed E-state index contributed by atoms with van der Waals surface area (Å²) >= 11 is 0. The van der Waals surface area contributed by atoms with Gasteiger partial charge in [-0.25, -0.2) is 0 Å². The number of benzene rings is 1. The van der Waals surface area contributed by atoms with E-state index in [2.05, 4.69) is 30.0 Å². The van der Waals surface area contributed by atoms with E-state index in [1.54, 1.807) is 0 Å². The maximum absolute atomic E-state index is 11.0. The van der Waals surface area contributed by atoms with Crippen LogP contribution in [0.4, 0.5) is 0 Å². The highest BCUT2D eigenvalue weighted by Gasteiger charge is 2.83. The quantitative estimate of drug-likeness (QED) is 0.693. The van der Waals surface area contributed by atoms with Crippen LogP contribution in [-0.2, 0) is 21.3 Å². The molecular weight excluding hydrogens is 414 g/mol. The Morgan fingerprint density at radius 2 is 2.06 bits per heavy atom. The highest BCUT2D eigenvalue weighted by Crippen LogP contribution is 2.78. The lowest BCUT2D eigenvalue weighted by Crippen LogP contribution is -2.82. The number of rotatable bonds is 5. The molecule has 9 rings (SSSR count). The van der Waals surface area contributed by atoms with Crippen LogP contribution in [-0.4, -0.2) is 60.7 Å². The zero-order chi connectivity index (χ0) is 22.2. The minimum absolute atomic E-state index is 0.0215. The molecule has 176 valence electrons. The van der Waals surface area contributed by atoms with Gasteiger partial charge < -0.3 is 19.3 Å². The Bertz CT molecular complexity index is 1070. The molecule has 2 heterocycles. The highest BCUT2D eigenvalue weighted by atomic mass is 16.6. The molecule has 1 N–H and O–H groups in total. The molecule has 5 nitrogen and oxygen atoms in total. The van der Waals surface area contributed by atoms with E-state index in [0.29, 0.717) is 23.6 Å². The molecule has 1 aromatic rings. The molecule has 8 atom stereocenters. The van der Waals surface area contributed by atoms with E-state index in [1.807, 2.05) is 13.2 Å². The number of hydrogen-bond acceptors (Lipinski definition) is 5. The zero-order valence-electron chi connectivity index (χ0n) is 19.8. The van der Waals surface area contributed by atoms with Gasteiger partial charge in [0.2, 0.25) is 0 Å². The number of methoxy groups -OCH3 is 1. The van der Waals surface area contributed by atoms with Gasteiger partial charge in [0.25, 0.3) is 0 Å².